The zero-order valence-electron chi connectivity index (χ0n) is 16.5. The van der Waals surface area contributed by atoms with Crippen molar-refractivity contribution in [2.75, 3.05) is 0 Å². The zero-order valence-corrected chi connectivity index (χ0v) is 17.2. The standard InChI is InChI=1S/C22H21ClFNO4/c1-11-18(19(21(28)29)22(2,3)4)14-9-17(26)15(24)10-16(14)25(11)20(27)12-6-5-7-13(23)8-12/h5-10,19,26H,1-4H3,(H,28,29). The van der Waals surface area contributed by atoms with Crippen LogP contribution in [0.3, 0.4) is 0 Å². The number of phenols is 1. The first-order valence-electron chi connectivity index (χ1n) is 9.00. The maximum Gasteiger partial charge on any atom is 0.311 e. The average molecular weight is 418 g/mol. The number of carboxylic acid groups (broad SMARTS) is 1. The van der Waals surface area contributed by atoms with E-state index in [-0.39, 0.29) is 11.1 Å². The van der Waals surface area contributed by atoms with Gasteiger partial charge < -0.3 is 10.2 Å². The molecule has 3 aromatic rings. The molecule has 1 heterocycles. The molecule has 1 atom stereocenters. The number of carbonyl (C=O) groups excluding carboxylic acids is 1. The Morgan fingerprint density at radius 3 is 2.38 bits per heavy atom. The van der Waals surface area contributed by atoms with Crippen LogP contribution in [-0.2, 0) is 4.79 Å². The molecule has 0 saturated heterocycles. The van der Waals surface area contributed by atoms with Gasteiger partial charge in [0.1, 0.15) is 0 Å². The topological polar surface area (TPSA) is 79.5 Å². The minimum absolute atomic E-state index is 0.188. The number of halogens is 2. The van der Waals surface area contributed by atoms with Gasteiger partial charge in [-0.1, -0.05) is 38.4 Å². The lowest BCUT2D eigenvalue weighted by molar-refractivity contribution is -0.141. The molecule has 0 saturated carbocycles. The summed E-state index contributed by atoms with van der Waals surface area (Å²) < 4.78 is 15.5. The van der Waals surface area contributed by atoms with Gasteiger partial charge in [0.05, 0.1) is 11.4 Å². The highest BCUT2D eigenvalue weighted by Gasteiger charge is 2.38. The van der Waals surface area contributed by atoms with Crippen LogP contribution in [0, 0.1) is 18.2 Å². The monoisotopic (exact) mass is 417 g/mol. The van der Waals surface area contributed by atoms with Crippen molar-refractivity contribution in [3.05, 3.63) is 64.1 Å². The van der Waals surface area contributed by atoms with Crippen LogP contribution in [0.5, 0.6) is 5.75 Å². The van der Waals surface area contributed by atoms with Crippen LogP contribution in [0.15, 0.2) is 36.4 Å². The SMILES string of the molecule is Cc1c(C(C(=O)O)C(C)(C)C)c2cc(O)c(F)cc2n1C(=O)c1cccc(Cl)c1. The Kier molecular flexibility index (Phi) is 5.17. The van der Waals surface area contributed by atoms with Gasteiger partial charge in [-0.05, 0) is 42.2 Å². The molecule has 2 aromatic carbocycles. The highest BCUT2D eigenvalue weighted by atomic mass is 35.5. The second-order valence-corrected chi connectivity index (χ2v) is 8.54. The van der Waals surface area contributed by atoms with Gasteiger partial charge >= 0.3 is 5.97 Å². The molecule has 0 aliphatic rings. The van der Waals surface area contributed by atoms with Gasteiger partial charge in [-0.2, -0.15) is 0 Å². The maximum atomic E-state index is 14.2. The molecule has 3 rings (SSSR count). The molecule has 0 amide bonds. The number of phenolic OH excluding ortho intramolecular Hbond substituents is 1. The first-order valence-corrected chi connectivity index (χ1v) is 9.37. The predicted molar refractivity (Wildman–Crippen MR) is 109 cm³/mol. The maximum absolute atomic E-state index is 14.2. The van der Waals surface area contributed by atoms with Crippen molar-refractivity contribution in [3.8, 4) is 5.75 Å². The van der Waals surface area contributed by atoms with E-state index < -0.39 is 34.8 Å². The number of hydrogen-bond donors (Lipinski definition) is 2. The van der Waals surface area contributed by atoms with Crippen molar-refractivity contribution in [1.29, 1.82) is 0 Å². The number of carboxylic acids is 1. The van der Waals surface area contributed by atoms with Crippen molar-refractivity contribution in [2.45, 2.75) is 33.6 Å². The van der Waals surface area contributed by atoms with E-state index in [1.165, 1.54) is 16.7 Å². The Balaban J connectivity index is 2.40. The van der Waals surface area contributed by atoms with Gasteiger partial charge in [0, 0.05) is 27.7 Å². The number of rotatable bonds is 3. The van der Waals surface area contributed by atoms with Crippen molar-refractivity contribution in [1.82, 2.24) is 4.57 Å². The fraction of sp³-hybridized carbons (Fsp3) is 0.273. The Morgan fingerprint density at radius 1 is 1.17 bits per heavy atom. The molecule has 0 fully saturated rings. The molecule has 0 spiro atoms. The second kappa shape index (κ2) is 7.19. The third kappa shape index (κ3) is 3.60. The van der Waals surface area contributed by atoms with Crippen LogP contribution < -0.4 is 0 Å². The summed E-state index contributed by atoms with van der Waals surface area (Å²) >= 11 is 6.01. The van der Waals surface area contributed by atoms with Crippen LogP contribution in [0.2, 0.25) is 5.02 Å². The Hall–Kier alpha value is -2.86. The summed E-state index contributed by atoms with van der Waals surface area (Å²) in [6.45, 7) is 6.94. The second-order valence-electron chi connectivity index (χ2n) is 8.11. The summed E-state index contributed by atoms with van der Waals surface area (Å²) in [5.41, 5.74) is 0.509. The van der Waals surface area contributed by atoms with Gasteiger partial charge in [0.15, 0.2) is 11.6 Å². The molecule has 0 bridgehead atoms. The van der Waals surface area contributed by atoms with E-state index in [4.69, 9.17) is 11.6 Å². The minimum Gasteiger partial charge on any atom is -0.505 e. The zero-order chi connectivity index (χ0) is 21.7. The quantitative estimate of drug-likeness (QED) is 0.602. The van der Waals surface area contributed by atoms with E-state index in [1.54, 1.807) is 45.9 Å². The molecular weight excluding hydrogens is 397 g/mol. The molecular formula is C22H21ClFNO4. The molecule has 5 nitrogen and oxygen atoms in total. The van der Waals surface area contributed by atoms with E-state index >= 15 is 0 Å². The number of aliphatic carboxylic acids is 1. The normalized spacial score (nSPS) is 12.9. The fourth-order valence-electron chi connectivity index (χ4n) is 3.75. The number of carbonyl (C=O) groups is 2. The number of hydrogen-bond acceptors (Lipinski definition) is 3. The Labute approximate surface area is 172 Å². The lowest BCUT2D eigenvalue weighted by Crippen LogP contribution is -2.27. The highest BCUT2D eigenvalue weighted by Crippen LogP contribution is 2.43. The number of aromatic hydroxyl groups is 1. The Morgan fingerprint density at radius 2 is 1.83 bits per heavy atom. The van der Waals surface area contributed by atoms with Crippen molar-refractivity contribution < 1.29 is 24.2 Å². The molecule has 1 unspecified atom stereocenters. The van der Waals surface area contributed by atoms with E-state index in [0.29, 0.717) is 21.7 Å². The largest absolute Gasteiger partial charge is 0.505 e. The average Bonchev–Trinajstić information content (AvgIpc) is 2.85. The van der Waals surface area contributed by atoms with Gasteiger partial charge in [0.2, 0.25) is 0 Å². The van der Waals surface area contributed by atoms with E-state index in [0.717, 1.165) is 6.07 Å². The fourth-order valence-corrected chi connectivity index (χ4v) is 3.94. The number of nitrogens with zero attached hydrogens (tertiary/aromatic N) is 1. The van der Waals surface area contributed by atoms with E-state index in [1.807, 2.05) is 0 Å². The Bertz CT molecular complexity index is 1140. The van der Waals surface area contributed by atoms with Gasteiger partial charge in [0.25, 0.3) is 5.91 Å². The summed E-state index contributed by atoms with van der Waals surface area (Å²) in [6, 6.07) is 8.54. The molecule has 1 aromatic heterocycles. The lowest BCUT2D eigenvalue weighted by Gasteiger charge is -2.27. The molecule has 0 aliphatic heterocycles. The van der Waals surface area contributed by atoms with Crippen molar-refractivity contribution >= 4 is 34.4 Å². The first-order chi connectivity index (χ1) is 13.4. The summed E-state index contributed by atoms with van der Waals surface area (Å²) in [7, 11) is 0. The minimum atomic E-state index is -1.07. The molecule has 7 heteroatoms. The third-order valence-electron chi connectivity index (χ3n) is 5.00. The van der Waals surface area contributed by atoms with Crippen molar-refractivity contribution in [3.63, 3.8) is 0 Å². The molecule has 2 N–H and O–H groups in total. The van der Waals surface area contributed by atoms with Crippen LogP contribution in [-0.4, -0.2) is 26.7 Å². The van der Waals surface area contributed by atoms with Gasteiger partial charge in [-0.15, -0.1) is 0 Å². The smallest absolute Gasteiger partial charge is 0.311 e. The first kappa shape index (κ1) is 20.9. The number of fused-ring (bicyclic) bond motifs is 1. The summed E-state index contributed by atoms with van der Waals surface area (Å²) in [4.78, 5) is 25.4. The summed E-state index contributed by atoms with van der Waals surface area (Å²) in [5.74, 6) is -4.03. The van der Waals surface area contributed by atoms with Crippen LogP contribution >= 0.6 is 11.6 Å². The molecule has 152 valence electrons. The molecule has 0 radical (unpaired) electrons. The highest BCUT2D eigenvalue weighted by molar-refractivity contribution is 6.31. The third-order valence-corrected chi connectivity index (χ3v) is 5.23. The van der Waals surface area contributed by atoms with Crippen LogP contribution in [0.25, 0.3) is 10.9 Å². The number of aromatic nitrogens is 1. The van der Waals surface area contributed by atoms with Crippen molar-refractivity contribution in [2.24, 2.45) is 5.41 Å². The van der Waals surface area contributed by atoms with Crippen LogP contribution in [0.4, 0.5) is 4.39 Å². The predicted octanol–water partition coefficient (Wildman–Crippen LogP) is 5.35. The van der Waals surface area contributed by atoms with E-state index in [9.17, 15) is 24.2 Å². The lowest BCUT2D eigenvalue weighted by atomic mass is 9.75. The van der Waals surface area contributed by atoms with E-state index in [2.05, 4.69) is 0 Å². The summed E-state index contributed by atoms with van der Waals surface area (Å²) in [5, 5.41) is 20.5. The van der Waals surface area contributed by atoms with Gasteiger partial charge in [-0.25, -0.2) is 4.39 Å². The molecule has 0 aliphatic carbocycles. The van der Waals surface area contributed by atoms with Gasteiger partial charge in [-0.3, -0.25) is 14.2 Å². The summed E-state index contributed by atoms with van der Waals surface area (Å²) in [6.07, 6.45) is 0. The van der Waals surface area contributed by atoms with Crippen LogP contribution in [0.1, 0.15) is 48.3 Å². The number of benzene rings is 2. The molecule has 29 heavy (non-hydrogen) atoms.